The van der Waals surface area contributed by atoms with Crippen molar-refractivity contribution in [2.75, 3.05) is 13.1 Å². The first-order valence-corrected chi connectivity index (χ1v) is 8.43. The van der Waals surface area contributed by atoms with E-state index >= 15 is 0 Å². The van der Waals surface area contributed by atoms with Crippen LogP contribution in [0.25, 0.3) is 0 Å². The van der Waals surface area contributed by atoms with Crippen LogP contribution in [0.1, 0.15) is 24.1 Å². The van der Waals surface area contributed by atoms with Gasteiger partial charge in [-0.3, -0.25) is 4.79 Å². The van der Waals surface area contributed by atoms with E-state index in [9.17, 15) is 13.2 Å². The molecule has 1 aromatic rings. The Kier molecular flexibility index (Phi) is 4.27. The van der Waals surface area contributed by atoms with Crippen LogP contribution in [0.4, 0.5) is 0 Å². The molecule has 19 heavy (non-hydrogen) atoms. The lowest BCUT2D eigenvalue weighted by atomic mass is 9.95. The number of piperidine rings is 1. The van der Waals surface area contributed by atoms with Gasteiger partial charge in [0.25, 0.3) is 10.0 Å². The number of hydrogen-bond acceptors (Lipinski definition) is 4. The summed E-state index contributed by atoms with van der Waals surface area (Å²) in [5.74, 6) is -0.718. The van der Waals surface area contributed by atoms with E-state index in [1.165, 1.54) is 15.6 Å². The molecular weight excluding hydrogens is 286 g/mol. The molecule has 1 fully saturated rings. The van der Waals surface area contributed by atoms with Crippen LogP contribution < -0.4 is 0 Å². The average Bonchev–Trinajstić information content (AvgIpc) is 2.76. The highest BCUT2D eigenvalue weighted by Crippen LogP contribution is 2.28. The molecule has 2 rings (SSSR count). The number of carboxylic acids is 1. The van der Waals surface area contributed by atoms with Crippen LogP contribution in [0.3, 0.4) is 0 Å². The van der Waals surface area contributed by atoms with E-state index in [-0.39, 0.29) is 12.3 Å². The van der Waals surface area contributed by atoms with Crippen molar-refractivity contribution < 1.29 is 18.3 Å². The van der Waals surface area contributed by atoms with Gasteiger partial charge in [0.1, 0.15) is 4.21 Å². The molecule has 1 saturated heterocycles. The molecule has 2 heterocycles. The summed E-state index contributed by atoms with van der Waals surface area (Å²) in [6, 6.07) is 3.44. The minimum Gasteiger partial charge on any atom is -0.481 e. The lowest BCUT2D eigenvalue weighted by Gasteiger charge is -2.30. The van der Waals surface area contributed by atoms with Crippen LogP contribution in [-0.2, 0) is 14.8 Å². The van der Waals surface area contributed by atoms with Gasteiger partial charge < -0.3 is 5.11 Å². The summed E-state index contributed by atoms with van der Waals surface area (Å²) >= 11 is 1.28. The summed E-state index contributed by atoms with van der Waals surface area (Å²) in [7, 11) is -3.39. The normalized spacial score (nSPS) is 18.6. The summed E-state index contributed by atoms with van der Waals surface area (Å²) in [6.45, 7) is 2.71. The number of carbonyl (C=O) groups is 1. The minimum atomic E-state index is -3.39. The Labute approximate surface area is 116 Å². The first kappa shape index (κ1) is 14.5. The molecule has 0 bridgehead atoms. The number of rotatable bonds is 4. The van der Waals surface area contributed by atoms with Gasteiger partial charge in [-0.15, -0.1) is 11.3 Å². The number of sulfonamides is 1. The van der Waals surface area contributed by atoms with E-state index in [0.717, 1.165) is 4.88 Å². The number of aliphatic carboxylic acids is 1. The van der Waals surface area contributed by atoms with E-state index in [0.29, 0.717) is 30.1 Å². The number of hydrogen-bond donors (Lipinski definition) is 1. The molecular formula is C12H17NO4S2. The van der Waals surface area contributed by atoms with E-state index in [1.54, 1.807) is 12.1 Å². The third-order valence-corrected chi connectivity index (χ3v) is 6.71. The first-order chi connectivity index (χ1) is 8.89. The molecule has 7 heteroatoms. The third-order valence-electron chi connectivity index (χ3n) is 3.35. The van der Waals surface area contributed by atoms with E-state index in [4.69, 9.17) is 5.11 Å². The SMILES string of the molecule is Cc1ccc(S(=O)(=O)N2CCC(CC(=O)O)CC2)s1. The fraction of sp³-hybridized carbons (Fsp3) is 0.583. The van der Waals surface area contributed by atoms with Crippen molar-refractivity contribution in [1.82, 2.24) is 4.31 Å². The van der Waals surface area contributed by atoms with Gasteiger partial charge in [0, 0.05) is 24.4 Å². The lowest BCUT2D eigenvalue weighted by molar-refractivity contribution is -0.138. The summed E-state index contributed by atoms with van der Waals surface area (Å²) in [6.07, 6.45) is 1.37. The molecule has 0 aromatic carbocycles. The maximum Gasteiger partial charge on any atom is 0.303 e. The Balaban J connectivity index is 2.03. The predicted octanol–water partition coefficient (Wildman–Crippen LogP) is 1.93. The summed E-state index contributed by atoms with van der Waals surface area (Å²) in [5.41, 5.74) is 0. The largest absolute Gasteiger partial charge is 0.481 e. The third kappa shape index (κ3) is 3.34. The second-order valence-electron chi connectivity index (χ2n) is 4.81. The van der Waals surface area contributed by atoms with Crippen molar-refractivity contribution in [3.05, 3.63) is 17.0 Å². The quantitative estimate of drug-likeness (QED) is 0.922. The Bertz CT molecular complexity index is 556. The Hall–Kier alpha value is -0.920. The number of nitrogens with zero attached hydrogens (tertiary/aromatic N) is 1. The second kappa shape index (κ2) is 5.60. The number of aryl methyl sites for hydroxylation is 1. The smallest absolute Gasteiger partial charge is 0.303 e. The van der Waals surface area contributed by atoms with Gasteiger partial charge in [-0.25, -0.2) is 8.42 Å². The fourth-order valence-electron chi connectivity index (χ4n) is 2.28. The van der Waals surface area contributed by atoms with Gasteiger partial charge in [-0.05, 0) is 37.8 Å². The highest BCUT2D eigenvalue weighted by Gasteiger charge is 2.30. The first-order valence-electron chi connectivity index (χ1n) is 6.18. The molecule has 1 aliphatic rings. The second-order valence-corrected chi connectivity index (χ2v) is 8.26. The fourth-order valence-corrected chi connectivity index (χ4v) is 5.19. The monoisotopic (exact) mass is 303 g/mol. The van der Waals surface area contributed by atoms with E-state index < -0.39 is 16.0 Å². The zero-order chi connectivity index (χ0) is 14.0. The van der Waals surface area contributed by atoms with Crippen molar-refractivity contribution >= 4 is 27.3 Å². The molecule has 0 saturated carbocycles. The summed E-state index contributed by atoms with van der Waals surface area (Å²) in [5, 5.41) is 8.74. The van der Waals surface area contributed by atoms with Gasteiger partial charge >= 0.3 is 5.97 Å². The summed E-state index contributed by atoms with van der Waals surface area (Å²) < 4.78 is 26.5. The van der Waals surface area contributed by atoms with Crippen LogP contribution in [0.15, 0.2) is 16.3 Å². The standard InChI is InChI=1S/C12H17NO4S2/c1-9-2-3-12(18-9)19(16,17)13-6-4-10(5-7-13)8-11(14)15/h2-3,10H,4-8H2,1H3,(H,14,15). The molecule has 0 radical (unpaired) electrons. The maximum atomic E-state index is 12.3. The minimum absolute atomic E-state index is 0.0917. The van der Waals surface area contributed by atoms with Gasteiger partial charge in [0.15, 0.2) is 0 Å². The lowest BCUT2D eigenvalue weighted by Crippen LogP contribution is -2.38. The Morgan fingerprint density at radius 1 is 1.42 bits per heavy atom. The highest BCUT2D eigenvalue weighted by atomic mass is 32.2. The Morgan fingerprint density at radius 2 is 2.05 bits per heavy atom. The van der Waals surface area contributed by atoms with Crippen molar-refractivity contribution in [1.29, 1.82) is 0 Å². The van der Waals surface area contributed by atoms with Crippen molar-refractivity contribution in [2.24, 2.45) is 5.92 Å². The highest BCUT2D eigenvalue weighted by molar-refractivity contribution is 7.91. The maximum absolute atomic E-state index is 12.3. The molecule has 1 N–H and O–H groups in total. The van der Waals surface area contributed by atoms with Gasteiger partial charge in [0.05, 0.1) is 0 Å². The topological polar surface area (TPSA) is 74.7 Å². The van der Waals surface area contributed by atoms with Crippen LogP contribution in [0.2, 0.25) is 0 Å². The molecule has 0 spiro atoms. The molecule has 5 nitrogen and oxygen atoms in total. The zero-order valence-electron chi connectivity index (χ0n) is 10.7. The van der Waals surface area contributed by atoms with E-state index in [2.05, 4.69) is 0 Å². The summed E-state index contributed by atoms with van der Waals surface area (Å²) in [4.78, 5) is 11.6. The molecule has 0 amide bonds. The van der Waals surface area contributed by atoms with Crippen molar-refractivity contribution in [3.8, 4) is 0 Å². The molecule has 106 valence electrons. The van der Waals surface area contributed by atoms with Gasteiger partial charge in [0.2, 0.25) is 0 Å². The van der Waals surface area contributed by atoms with Crippen LogP contribution in [0.5, 0.6) is 0 Å². The van der Waals surface area contributed by atoms with Crippen LogP contribution in [-0.4, -0.2) is 36.9 Å². The average molecular weight is 303 g/mol. The zero-order valence-corrected chi connectivity index (χ0v) is 12.3. The molecule has 1 aromatic heterocycles. The Morgan fingerprint density at radius 3 is 2.53 bits per heavy atom. The van der Waals surface area contributed by atoms with Gasteiger partial charge in [-0.1, -0.05) is 0 Å². The molecule has 0 aliphatic carbocycles. The van der Waals surface area contributed by atoms with Crippen LogP contribution in [0, 0.1) is 12.8 Å². The van der Waals surface area contributed by atoms with Crippen LogP contribution >= 0.6 is 11.3 Å². The molecule has 1 aliphatic heterocycles. The predicted molar refractivity (Wildman–Crippen MR) is 72.8 cm³/mol. The van der Waals surface area contributed by atoms with E-state index in [1.807, 2.05) is 6.92 Å². The number of thiophene rings is 1. The van der Waals surface area contributed by atoms with Crippen molar-refractivity contribution in [2.45, 2.75) is 30.4 Å². The molecule has 0 unspecified atom stereocenters. The van der Waals surface area contributed by atoms with Crippen molar-refractivity contribution in [3.63, 3.8) is 0 Å². The number of carboxylic acid groups (broad SMARTS) is 1. The van der Waals surface area contributed by atoms with Gasteiger partial charge in [-0.2, -0.15) is 4.31 Å². The molecule has 0 atom stereocenters.